The summed E-state index contributed by atoms with van der Waals surface area (Å²) >= 11 is 0. The number of rotatable bonds is 4. The zero-order valence-electron chi connectivity index (χ0n) is 11.0. The lowest BCUT2D eigenvalue weighted by Crippen LogP contribution is -2.35. The van der Waals surface area contributed by atoms with Gasteiger partial charge in [-0.3, -0.25) is 4.79 Å². The second kappa shape index (κ2) is 6.06. The summed E-state index contributed by atoms with van der Waals surface area (Å²) in [5, 5.41) is 18.5. The van der Waals surface area contributed by atoms with E-state index in [1.165, 1.54) is 0 Å². The summed E-state index contributed by atoms with van der Waals surface area (Å²) in [5.74, 6) is -0.727. The minimum absolute atomic E-state index is 0.117. The first-order valence-corrected chi connectivity index (χ1v) is 6.05. The van der Waals surface area contributed by atoms with E-state index in [0.29, 0.717) is 18.7 Å². The quantitative estimate of drug-likeness (QED) is 0.888. The average molecular weight is 246 g/mol. The molecular weight excluding hydrogens is 228 g/mol. The van der Waals surface area contributed by atoms with Crippen molar-refractivity contribution in [1.82, 2.24) is 0 Å². The molecule has 1 aromatic carbocycles. The highest BCUT2D eigenvalue weighted by molar-refractivity contribution is 5.97. The first-order chi connectivity index (χ1) is 8.54. The fraction of sp³-hybridized carbons (Fsp3) is 0.429. The van der Waals surface area contributed by atoms with Crippen molar-refractivity contribution in [1.29, 1.82) is 5.26 Å². The minimum atomic E-state index is -0.633. The number of carbonyl (C=O) groups is 1. The third-order valence-electron chi connectivity index (χ3n) is 2.93. The van der Waals surface area contributed by atoms with Crippen molar-refractivity contribution < 1.29 is 9.90 Å². The van der Waals surface area contributed by atoms with Gasteiger partial charge in [-0.05, 0) is 31.9 Å². The number of nitriles is 1. The van der Waals surface area contributed by atoms with Crippen LogP contribution in [0.25, 0.3) is 0 Å². The van der Waals surface area contributed by atoms with Crippen molar-refractivity contribution in [3.8, 4) is 11.8 Å². The Balaban J connectivity index is 3.14. The van der Waals surface area contributed by atoms with Gasteiger partial charge < -0.3 is 10.0 Å². The summed E-state index contributed by atoms with van der Waals surface area (Å²) in [4.78, 5) is 13.8. The molecule has 4 nitrogen and oxygen atoms in total. The van der Waals surface area contributed by atoms with Crippen molar-refractivity contribution in [3.63, 3.8) is 0 Å². The second-order valence-corrected chi connectivity index (χ2v) is 4.14. The molecule has 0 bridgehead atoms. The van der Waals surface area contributed by atoms with Crippen LogP contribution in [0.4, 0.5) is 5.69 Å². The molecule has 1 amide bonds. The molecule has 1 unspecified atom stereocenters. The number of aromatic hydroxyl groups is 1. The molecule has 96 valence electrons. The monoisotopic (exact) mass is 246 g/mol. The van der Waals surface area contributed by atoms with Crippen molar-refractivity contribution in [2.75, 3.05) is 11.4 Å². The van der Waals surface area contributed by atoms with Crippen LogP contribution < -0.4 is 4.90 Å². The number of phenols is 1. The molecule has 0 spiro atoms. The first-order valence-electron chi connectivity index (χ1n) is 6.05. The van der Waals surface area contributed by atoms with Crippen LogP contribution in [-0.4, -0.2) is 17.6 Å². The zero-order chi connectivity index (χ0) is 13.7. The molecule has 1 rings (SSSR count). The van der Waals surface area contributed by atoms with Crippen LogP contribution in [0.2, 0.25) is 0 Å². The number of hydrogen-bond donors (Lipinski definition) is 1. The van der Waals surface area contributed by atoms with Crippen LogP contribution in [0.1, 0.15) is 25.8 Å². The Hall–Kier alpha value is -2.02. The summed E-state index contributed by atoms with van der Waals surface area (Å²) < 4.78 is 0. The fourth-order valence-corrected chi connectivity index (χ4v) is 1.84. The number of benzene rings is 1. The summed E-state index contributed by atoms with van der Waals surface area (Å²) in [7, 11) is 0. The molecule has 0 fully saturated rings. The maximum atomic E-state index is 12.2. The summed E-state index contributed by atoms with van der Waals surface area (Å²) in [6.07, 6.45) is 0.490. The number of amides is 1. The molecule has 0 radical (unpaired) electrons. The van der Waals surface area contributed by atoms with Gasteiger partial charge in [-0.25, -0.2) is 0 Å². The van der Waals surface area contributed by atoms with Gasteiger partial charge in [-0.2, -0.15) is 5.26 Å². The van der Waals surface area contributed by atoms with Crippen LogP contribution in [-0.2, 0) is 4.79 Å². The number of aryl methyl sites for hydroxylation is 1. The third kappa shape index (κ3) is 2.80. The molecule has 1 N–H and O–H groups in total. The Kier molecular flexibility index (Phi) is 4.73. The van der Waals surface area contributed by atoms with Gasteiger partial charge in [0, 0.05) is 12.6 Å². The molecule has 1 aromatic rings. The van der Waals surface area contributed by atoms with Crippen molar-refractivity contribution in [2.24, 2.45) is 5.92 Å². The molecule has 0 heterocycles. The van der Waals surface area contributed by atoms with Gasteiger partial charge in [-0.15, -0.1) is 0 Å². The highest BCUT2D eigenvalue weighted by atomic mass is 16.3. The van der Waals surface area contributed by atoms with E-state index in [9.17, 15) is 9.90 Å². The Labute approximate surface area is 107 Å². The molecule has 0 aliphatic carbocycles. The summed E-state index contributed by atoms with van der Waals surface area (Å²) in [6, 6.07) is 6.91. The largest absolute Gasteiger partial charge is 0.508 e. The van der Waals surface area contributed by atoms with Crippen LogP contribution in [0, 0.1) is 24.2 Å². The fourth-order valence-electron chi connectivity index (χ4n) is 1.84. The number of nitrogens with zero attached hydrogens (tertiary/aromatic N) is 2. The maximum absolute atomic E-state index is 12.2. The van der Waals surface area contributed by atoms with E-state index in [1.807, 2.05) is 26.8 Å². The van der Waals surface area contributed by atoms with E-state index in [0.717, 1.165) is 5.56 Å². The lowest BCUT2D eigenvalue weighted by molar-refractivity contribution is -0.120. The lowest BCUT2D eigenvalue weighted by Gasteiger charge is -2.24. The predicted octanol–water partition coefficient (Wildman–Crippen LogP) is 2.60. The number of hydrogen-bond acceptors (Lipinski definition) is 3. The van der Waals surface area contributed by atoms with Gasteiger partial charge in [0.25, 0.3) is 0 Å². The van der Waals surface area contributed by atoms with E-state index in [1.54, 1.807) is 23.1 Å². The van der Waals surface area contributed by atoms with Crippen molar-refractivity contribution in [2.45, 2.75) is 27.2 Å². The molecule has 0 aliphatic heterocycles. The highest BCUT2D eigenvalue weighted by Crippen LogP contribution is 2.26. The molecule has 0 aromatic heterocycles. The third-order valence-corrected chi connectivity index (χ3v) is 2.93. The van der Waals surface area contributed by atoms with Gasteiger partial charge >= 0.3 is 0 Å². The van der Waals surface area contributed by atoms with E-state index >= 15 is 0 Å². The Bertz CT molecular complexity index is 477. The Morgan fingerprint density at radius 1 is 1.50 bits per heavy atom. The molecule has 4 heteroatoms. The summed E-state index contributed by atoms with van der Waals surface area (Å²) in [6.45, 7) is 6.01. The number of phenolic OH excluding ortho intramolecular Hbond substituents is 1. The topological polar surface area (TPSA) is 64.3 Å². The van der Waals surface area contributed by atoms with E-state index in [-0.39, 0.29) is 11.7 Å². The number of carbonyl (C=O) groups excluding carboxylic acids is 1. The smallest absolute Gasteiger partial charge is 0.244 e. The molecule has 0 saturated heterocycles. The average Bonchev–Trinajstić information content (AvgIpc) is 2.36. The normalized spacial score (nSPS) is 11.7. The second-order valence-electron chi connectivity index (χ2n) is 4.14. The van der Waals surface area contributed by atoms with Crippen LogP contribution in [0.5, 0.6) is 5.75 Å². The lowest BCUT2D eigenvalue weighted by atomic mass is 10.1. The van der Waals surface area contributed by atoms with Crippen LogP contribution in [0.3, 0.4) is 0 Å². The Morgan fingerprint density at radius 3 is 2.67 bits per heavy atom. The molecule has 0 saturated carbocycles. The SMILES string of the molecule is CCC(C#N)C(=O)N(CC)c1cc(O)ccc1C. The minimum Gasteiger partial charge on any atom is -0.508 e. The Morgan fingerprint density at radius 2 is 2.17 bits per heavy atom. The van der Waals surface area contributed by atoms with E-state index in [4.69, 9.17) is 5.26 Å². The van der Waals surface area contributed by atoms with Crippen LogP contribution in [0.15, 0.2) is 18.2 Å². The van der Waals surface area contributed by atoms with E-state index < -0.39 is 5.92 Å². The first kappa shape index (κ1) is 14.0. The number of anilines is 1. The van der Waals surface area contributed by atoms with Crippen molar-refractivity contribution in [3.05, 3.63) is 23.8 Å². The van der Waals surface area contributed by atoms with Gasteiger partial charge in [0.2, 0.25) is 5.91 Å². The maximum Gasteiger partial charge on any atom is 0.244 e. The summed E-state index contributed by atoms with van der Waals surface area (Å²) in [5.41, 5.74) is 1.56. The standard InChI is InChI=1S/C14H18N2O2/c1-4-11(9-15)14(18)16(5-2)13-8-12(17)7-6-10(13)3/h6-8,11,17H,4-5H2,1-3H3. The van der Waals surface area contributed by atoms with Gasteiger partial charge in [-0.1, -0.05) is 13.0 Å². The predicted molar refractivity (Wildman–Crippen MR) is 70.3 cm³/mol. The van der Waals surface area contributed by atoms with Gasteiger partial charge in [0.05, 0.1) is 11.8 Å². The van der Waals surface area contributed by atoms with Gasteiger partial charge in [0.15, 0.2) is 0 Å². The molecule has 18 heavy (non-hydrogen) atoms. The molecular formula is C14H18N2O2. The van der Waals surface area contributed by atoms with Crippen molar-refractivity contribution >= 4 is 11.6 Å². The van der Waals surface area contributed by atoms with Gasteiger partial charge in [0.1, 0.15) is 11.7 Å². The molecule has 0 aliphatic rings. The molecule has 1 atom stereocenters. The van der Waals surface area contributed by atoms with Crippen LogP contribution >= 0.6 is 0 Å². The zero-order valence-corrected chi connectivity index (χ0v) is 11.0. The van der Waals surface area contributed by atoms with E-state index in [2.05, 4.69) is 0 Å². The highest BCUT2D eigenvalue weighted by Gasteiger charge is 2.23.